The summed E-state index contributed by atoms with van der Waals surface area (Å²) < 4.78 is 0. The maximum atomic E-state index is 6.03. The molecule has 16 heavy (non-hydrogen) atoms. The molecular formula is C11H15N3S2. The van der Waals surface area contributed by atoms with Gasteiger partial charge >= 0.3 is 0 Å². The van der Waals surface area contributed by atoms with Crippen molar-refractivity contribution in [2.24, 2.45) is 5.73 Å². The van der Waals surface area contributed by atoms with Gasteiger partial charge in [-0.1, -0.05) is 6.07 Å². The van der Waals surface area contributed by atoms with Crippen molar-refractivity contribution in [2.45, 2.75) is 12.5 Å². The Bertz CT molecular complexity index is 383. The highest BCUT2D eigenvalue weighted by molar-refractivity contribution is 7.10. The van der Waals surface area contributed by atoms with Crippen LogP contribution < -0.4 is 11.1 Å². The number of thiophene rings is 1. The smallest absolute Gasteiger partial charge is 0.0794 e. The molecule has 0 aliphatic heterocycles. The average Bonchev–Trinajstić information content (AvgIpc) is 2.96. The van der Waals surface area contributed by atoms with E-state index < -0.39 is 0 Å². The van der Waals surface area contributed by atoms with E-state index in [2.05, 4.69) is 27.1 Å². The standard InChI is InChI=1S/C11H15N3S2/c12-10(11-2-1-5-16-11)6-13-4-3-9-7-15-8-14-9/h1-2,5,7-8,10,13H,3-4,6,12H2. The van der Waals surface area contributed by atoms with Gasteiger partial charge in [-0.15, -0.1) is 22.7 Å². The highest BCUT2D eigenvalue weighted by atomic mass is 32.1. The monoisotopic (exact) mass is 253 g/mol. The summed E-state index contributed by atoms with van der Waals surface area (Å²) in [7, 11) is 0. The van der Waals surface area contributed by atoms with Gasteiger partial charge in [-0.3, -0.25) is 0 Å². The molecule has 1 atom stereocenters. The van der Waals surface area contributed by atoms with Crippen molar-refractivity contribution in [1.82, 2.24) is 10.3 Å². The Kier molecular flexibility index (Phi) is 4.47. The third-order valence-electron chi connectivity index (χ3n) is 2.31. The highest BCUT2D eigenvalue weighted by Gasteiger charge is 2.05. The molecule has 2 heterocycles. The first-order chi connectivity index (χ1) is 7.86. The van der Waals surface area contributed by atoms with Gasteiger partial charge in [-0.2, -0.15) is 0 Å². The first-order valence-corrected chi connectivity index (χ1v) is 7.05. The van der Waals surface area contributed by atoms with Crippen molar-refractivity contribution in [3.8, 4) is 0 Å². The molecule has 0 amide bonds. The molecule has 0 aliphatic rings. The van der Waals surface area contributed by atoms with Gasteiger partial charge in [0.1, 0.15) is 0 Å². The van der Waals surface area contributed by atoms with E-state index in [1.54, 1.807) is 22.7 Å². The minimum Gasteiger partial charge on any atom is -0.322 e. The van der Waals surface area contributed by atoms with Crippen LogP contribution in [0.1, 0.15) is 16.6 Å². The molecule has 0 bridgehead atoms. The number of hydrogen-bond acceptors (Lipinski definition) is 5. The molecule has 2 aromatic heterocycles. The Balaban J connectivity index is 1.65. The van der Waals surface area contributed by atoms with Crippen LogP contribution in [0.15, 0.2) is 28.4 Å². The number of hydrogen-bond donors (Lipinski definition) is 2. The molecule has 5 heteroatoms. The zero-order valence-electron chi connectivity index (χ0n) is 8.93. The first kappa shape index (κ1) is 11.7. The molecule has 0 spiro atoms. The number of nitrogens with two attached hydrogens (primary N) is 1. The molecule has 86 valence electrons. The van der Waals surface area contributed by atoms with E-state index >= 15 is 0 Å². The van der Waals surface area contributed by atoms with Gasteiger partial charge in [0.2, 0.25) is 0 Å². The van der Waals surface area contributed by atoms with E-state index in [1.165, 1.54) is 4.88 Å². The van der Waals surface area contributed by atoms with Gasteiger partial charge in [-0.25, -0.2) is 4.98 Å². The van der Waals surface area contributed by atoms with Gasteiger partial charge in [0.15, 0.2) is 0 Å². The molecule has 0 aliphatic carbocycles. The number of nitrogens with zero attached hydrogens (tertiary/aromatic N) is 1. The van der Waals surface area contributed by atoms with Crippen molar-refractivity contribution in [3.63, 3.8) is 0 Å². The van der Waals surface area contributed by atoms with Gasteiger partial charge < -0.3 is 11.1 Å². The summed E-state index contributed by atoms with van der Waals surface area (Å²) in [4.78, 5) is 5.47. The number of nitrogens with one attached hydrogen (secondary N) is 1. The fourth-order valence-corrected chi connectivity index (χ4v) is 2.76. The molecule has 3 nitrogen and oxygen atoms in total. The van der Waals surface area contributed by atoms with Crippen LogP contribution in [-0.2, 0) is 6.42 Å². The summed E-state index contributed by atoms with van der Waals surface area (Å²) in [5.41, 5.74) is 9.06. The molecule has 1 unspecified atom stereocenters. The predicted molar refractivity (Wildman–Crippen MR) is 69.9 cm³/mol. The zero-order chi connectivity index (χ0) is 11.2. The minimum atomic E-state index is 0.107. The lowest BCUT2D eigenvalue weighted by Crippen LogP contribution is -2.27. The summed E-state index contributed by atoms with van der Waals surface area (Å²) in [6.45, 7) is 1.76. The van der Waals surface area contributed by atoms with E-state index in [0.717, 1.165) is 25.2 Å². The van der Waals surface area contributed by atoms with E-state index in [-0.39, 0.29) is 6.04 Å². The van der Waals surface area contributed by atoms with Crippen molar-refractivity contribution in [1.29, 1.82) is 0 Å². The Morgan fingerprint density at radius 2 is 2.44 bits per heavy atom. The SMILES string of the molecule is NC(CNCCc1cscn1)c1cccs1. The third kappa shape index (κ3) is 3.38. The summed E-state index contributed by atoms with van der Waals surface area (Å²) >= 11 is 3.35. The van der Waals surface area contributed by atoms with Crippen molar-refractivity contribution in [3.05, 3.63) is 39.0 Å². The molecule has 2 rings (SSSR count). The quantitative estimate of drug-likeness (QED) is 0.775. The molecule has 2 aromatic rings. The molecule has 0 saturated heterocycles. The molecule has 0 radical (unpaired) electrons. The maximum Gasteiger partial charge on any atom is 0.0794 e. The van der Waals surface area contributed by atoms with Crippen LogP contribution >= 0.6 is 22.7 Å². The number of aromatic nitrogens is 1. The number of rotatable bonds is 6. The minimum absolute atomic E-state index is 0.107. The maximum absolute atomic E-state index is 6.03. The molecule has 0 fully saturated rings. The summed E-state index contributed by atoms with van der Waals surface area (Å²) in [6, 6.07) is 4.22. The van der Waals surface area contributed by atoms with Gasteiger partial charge in [0.25, 0.3) is 0 Å². The summed E-state index contributed by atoms with van der Waals surface area (Å²) in [6.07, 6.45) is 0.973. The fraction of sp³-hybridized carbons (Fsp3) is 0.364. The van der Waals surface area contributed by atoms with E-state index in [1.807, 2.05) is 11.6 Å². The second-order valence-corrected chi connectivity index (χ2v) is 5.25. The molecular weight excluding hydrogens is 238 g/mol. The fourth-order valence-electron chi connectivity index (χ4n) is 1.44. The summed E-state index contributed by atoms with van der Waals surface area (Å²) in [5.74, 6) is 0. The van der Waals surface area contributed by atoms with Gasteiger partial charge in [0.05, 0.1) is 17.2 Å². The second kappa shape index (κ2) is 6.10. The van der Waals surface area contributed by atoms with E-state index in [4.69, 9.17) is 5.73 Å². The Hall–Kier alpha value is -0.750. The Labute approximate surface area is 103 Å². The second-order valence-electron chi connectivity index (χ2n) is 3.56. The first-order valence-electron chi connectivity index (χ1n) is 5.23. The van der Waals surface area contributed by atoms with Crippen LogP contribution in [0.4, 0.5) is 0 Å². The lowest BCUT2D eigenvalue weighted by Gasteiger charge is -2.10. The highest BCUT2D eigenvalue weighted by Crippen LogP contribution is 2.15. The zero-order valence-corrected chi connectivity index (χ0v) is 10.6. The van der Waals surface area contributed by atoms with Crippen LogP contribution in [-0.4, -0.2) is 18.1 Å². The number of thiazole rings is 1. The predicted octanol–water partition coefficient (Wildman–Crippen LogP) is 2.04. The Morgan fingerprint density at radius 3 is 3.12 bits per heavy atom. The lowest BCUT2D eigenvalue weighted by atomic mass is 10.2. The van der Waals surface area contributed by atoms with Crippen LogP contribution in [0.2, 0.25) is 0 Å². The molecule has 0 aromatic carbocycles. The van der Waals surface area contributed by atoms with Crippen molar-refractivity contribution < 1.29 is 0 Å². The molecule has 3 N–H and O–H groups in total. The van der Waals surface area contributed by atoms with Crippen LogP contribution in [0.3, 0.4) is 0 Å². The van der Waals surface area contributed by atoms with Gasteiger partial charge in [-0.05, 0) is 11.4 Å². The largest absolute Gasteiger partial charge is 0.322 e. The van der Waals surface area contributed by atoms with Crippen LogP contribution in [0, 0.1) is 0 Å². The van der Waals surface area contributed by atoms with Crippen molar-refractivity contribution >= 4 is 22.7 Å². The van der Waals surface area contributed by atoms with Crippen LogP contribution in [0.5, 0.6) is 0 Å². The molecule has 0 saturated carbocycles. The van der Waals surface area contributed by atoms with Gasteiger partial charge in [0, 0.05) is 29.8 Å². The van der Waals surface area contributed by atoms with Crippen molar-refractivity contribution in [2.75, 3.05) is 13.1 Å². The van der Waals surface area contributed by atoms with Crippen LogP contribution in [0.25, 0.3) is 0 Å². The normalized spacial score (nSPS) is 12.8. The summed E-state index contributed by atoms with van der Waals surface area (Å²) in [5, 5.41) is 7.50. The average molecular weight is 253 g/mol. The van der Waals surface area contributed by atoms with E-state index in [0.29, 0.717) is 0 Å². The topological polar surface area (TPSA) is 50.9 Å². The third-order valence-corrected chi connectivity index (χ3v) is 3.95. The Morgan fingerprint density at radius 1 is 1.50 bits per heavy atom. The lowest BCUT2D eigenvalue weighted by molar-refractivity contribution is 0.603. The van der Waals surface area contributed by atoms with E-state index in [9.17, 15) is 0 Å².